The normalized spacial score (nSPS) is 20.9. The van der Waals surface area contributed by atoms with Crippen LogP contribution in [0.3, 0.4) is 0 Å². The molecule has 0 saturated carbocycles. The maximum Gasteiger partial charge on any atom is 0.416 e. The van der Waals surface area contributed by atoms with Crippen molar-refractivity contribution in [2.45, 2.75) is 38.9 Å². The van der Waals surface area contributed by atoms with Gasteiger partial charge in [0.05, 0.1) is 12.1 Å². The predicted octanol–water partition coefficient (Wildman–Crippen LogP) is 3.47. The van der Waals surface area contributed by atoms with Gasteiger partial charge >= 0.3 is 6.18 Å². The Kier molecular flexibility index (Phi) is 6.99. The van der Waals surface area contributed by atoms with Gasteiger partial charge in [0.25, 0.3) is 0 Å². The number of carbonyl (C=O) groups excluding carboxylic acids is 1. The van der Waals surface area contributed by atoms with Gasteiger partial charge in [-0.3, -0.25) is 14.6 Å². The molecule has 3 rings (SSSR count). The first-order valence-corrected chi connectivity index (χ1v) is 10.2. The number of piperidine rings is 1. The van der Waals surface area contributed by atoms with Gasteiger partial charge in [-0.2, -0.15) is 13.2 Å². The topological polar surface area (TPSA) is 26.8 Å². The van der Waals surface area contributed by atoms with Crippen LogP contribution in [-0.2, 0) is 17.5 Å². The lowest BCUT2D eigenvalue weighted by atomic mass is 9.99. The maximum atomic E-state index is 12.7. The molecule has 0 N–H and O–H groups in total. The van der Waals surface area contributed by atoms with Crippen LogP contribution in [0.4, 0.5) is 13.2 Å². The molecule has 4 nitrogen and oxygen atoms in total. The number of alkyl halides is 3. The minimum atomic E-state index is -4.30. The van der Waals surface area contributed by atoms with Gasteiger partial charge in [0.2, 0.25) is 5.91 Å². The highest BCUT2D eigenvalue weighted by Gasteiger charge is 2.30. The molecule has 2 heterocycles. The second-order valence-electron chi connectivity index (χ2n) is 8.16. The zero-order chi connectivity index (χ0) is 20.1. The van der Waals surface area contributed by atoms with E-state index in [1.54, 1.807) is 12.1 Å². The van der Waals surface area contributed by atoms with Crippen LogP contribution in [0.2, 0.25) is 0 Å². The molecule has 0 bridgehead atoms. The molecule has 1 aromatic rings. The first-order chi connectivity index (χ1) is 13.3. The molecule has 2 aliphatic rings. The second-order valence-corrected chi connectivity index (χ2v) is 8.16. The molecule has 1 amide bonds. The van der Waals surface area contributed by atoms with Gasteiger partial charge in [-0.15, -0.1) is 0 Å². The number of halogens is 3. The number of carbonyl (C=O) groups is 1. The van der Waals surface area contributed by atoms with Crippen LogP contribution in [0, 0.1) is 5.92 Å². The fourth-order valence-corrected chi connectivity index (χ4v) is 3.95. The molecule has 0 aliphatic carbocycles. The van der Waals surface area contributed by atoms with Crippen LogP contribution in [0.1, 0.15) is 37.3 Å². The number of nitrogens with zero attached hydrogens (tertiary/aromatic N) is 3. The van der Waals surface area contributed by atoms with E-state index in [9.17, 15) is 18.0 Å². The molecule has 0 radical (unpaired) electrons. The summed E-state index contributed by atoms with van der Waals surface area (Å²) >= 11 is 0. The average Bonchev–Trinajstić information content (AvgIpc) is 2.89. The molecule has 1 aromatic carbocycles. The lowest BCUT2D eigenvalue weighted by Gasteiger charge is -2.31. The smallest absolute Gasteiger partial charge is 0.340 e. The van der Waals surface area contributed by atoms with E-state index in [-0.39, 0.29) is 5.91 Å². The summed E-state index contributed by atoms with van der Waals surface area (Å²) in [6.45, 7) is 8.43. The first kappa shape index (κ1) is 21.1. The van der Waals surface area contributed by atoms with Crippen molar-refractivity contribution in [1.82, 2.24) is 14.7 Å². The van der Waals surface area contributed by atoms with Crippen molar-refractivity contribution in [2.24, 2.45) is 5.92 Å². The summed E-state index contributed by atoms with van der Waals surface area (Å²) in [6, 6.07) is 5.38. The quantitative estimate of drug-likeness (QED) is 0.778. The Labute approximate surface area is 165 Å². The summed E-state index contributed by atoms with van der Waals surface area (Å²) in [4.78, 5) is 19.1. The SMILES string of the molecule is CC1CCN(CC(=O)N2CCCN(Cc3ccc(C(F)(F)F)cc3)CC2)CC1. The molecule has 7 heteroatoms. The molecular weight excluding hydrogens is 367 g/mol. The van der Waals surface area contributed by atoms with Crippen molar-refractivity contribution < 1.29 is 18.0 Å². The van der Waals surface area contributed by atoms with E-state index in [1.165, 1.54) is 0 Å². The summed E-state index contributed by atoms with van der Waals surface area (Å²) in [6.07, 6.45) is -1.08. The Hall–Kier alpha value is -1.60. The van der Waals surface area contributed by atoms with Gasteiger partial charge in [-0.1, -0.05) is 19.1 Å². The Bertz CT molecular complexity index is 639. The Balaban J connectivity index is 1.47. The number of benzene rings is 1. The van der Waals surface area contributed by atoms with Gasteiger partial charge < -0.3 is 4.90 Å². The Morgan fingerprint density at radius 2 is 1.64 bits per heavy atom. The number of likely N-dealkylation sites (tertiary alicyclic amines) is 1. The minimum Gasteiger partial charge on any atom is -0.340 e. The molecular formula is C21H30F3N3O. The zero-order valence-electron chi connectivity index (χ0n) is 16.5. The highest BCUT2D eigenvalue weighted by Crippen LogP contribution is 2.29. The van der Waals surface area contributed by atoms with E-state index in [2.05, 4.69) is 16.7 Å². The predicted molar refractivity (Wildman–Crippen MR) is 103 cm³/mol. The van der Waals surface area contributed by atoms with E-state index in [0.717, 1.165) is 75.6 Å². The fraction of sp³-hybridized carbons (Fsp3) is 0.667. The number of rotatable bonds is 4. The molecule has 0 aromatic heterocycles. The van der Waals surface area contributed by atoms with Crippen molar-refractivity contribution in [3.63, 3.8) is 0 Å². The highest BCUT2D eigenvalue weighted by atomic mass is 19.4. The number of amides is 1. The van der Waals surface area contributed by atoms with E-state index >= 15 is 0 Å². The molecule has 0 spiro atoms. The molecule has 156 valence electrons. The summed E-state index contributed by atoms with van der Waals surface area (Å²) in [5.74, 6) is 0.953. The van der Waals surface area contributed by atoms with Crippen molar-refractivity contribution in [1.29, 1.82) is 0 Å². The summed E-state index contributed by atoms with van der Waals surface area (Å²) in [5, 5.41) is 0. The minimum absolute atomic E-state index is 0.200. The van der Waals surface area contributed by atoms with Crippen molar-refractivity contribution in [2.75, 3.05) is 45.8 Å². The largest absolute Gasteiger partial charge is 0.416 e. The van der Waals surface area contributed by atoms with Crippen LogP contribution < -0.4 is 0 Å². The first-order valence-electron chi connectivity index (χ1n) is 10.2. The summed E-state index contributed by atoms with van der Waals surface area (Å²) in [7, 11) is 0. The fourth-order valence-electron chi connectivity index (χ4n) is 3.95. The Morgan fingerprint density at radius 1 is 0.964 bits per heavy atom. The van der Waals surface area contributed by atoms with Crippen LogP contribution >= 0.6 is 0 Å². The maximum absolute atomic E-state index is 12.7. The van der Waals surface area contributed by atoms with Gasteiger partial charge in [-0.25, -0.2) is 0 Å². The van der Waals surface area contributed by atoms with E-state index in [1.807, 2.05) is 4.90 Å². The molecule has 0 atom stereocenters. The van der Waals surface area contributed by atoms with Crippen LogP contribution in [0.15, 0.2) is 24.3 Å². The van der Waals surface area contributed by atoms with Crippen LogP contribution in [0.25, 0.3) is 0 Å². The van der Waals surface area contributed by atoms with Gasteiger partial charge in [0, 0.05) is 32.7 Å². The summed E-state index contributed by atoms with van der Waals surface area (Å²) in [5.41, 5.74) is 0.256. The third-order valence-electron chi connectivity index (χ3n) is 5.86. The van der Waals surface area contributed by atoms with E-state index in [4.69, 9.17) is 0 Å². The zero-order valence-corrected chi connectivity index (χ0v) is 16.5. The molecule has 2 fully saturated rings. The molecule has 0 unspecified atom stereocenters. The number of hydrogen-bond donors (Lipinski definition) is 0. The van der Waals surface area contributed by atoms with E-state index < -0.39 is 11.7 Å². The van der Waals surface area contributed by atoms with Crippen LogP contribution in [0.5, 0.6) is 0 Å². The van der Waals surface area contributed by atoms with Crippen molar-refractivity contribution in [3.05, 3.63) is 35.4 Å². The Morgan fingerprint density at radius 3 is 2.29 bits per heavy atom. The number of hydrogen-bond acceptors (Lipinski definition) is 3. The molecule has 2 aliphatic heterocycles. The third kappa shape index (κ3) is 5.95. The third-order valence-corrected chi connectivity index (χ3v) is 5.86. The lowest BCUT2D eigenvalue weighted by molar-refractivity contribution is -0.137. The summed E-state index contributed by atoms with van der Waals surface area (Å²) < 4.78 is 38.1. The second kappa shape index (κ2) is 9.27. The van der Waals surface area contributed by atoms with Gasteiger partial charge in [-0.05, 0) is 56.0 Å². The van der Waals surface area contributed by atoms with Crippen molar-refractivity contribution in [3.8, 4) is 0 Å². The van der Waals surface area contributed by atoms with Gasteiger partial charge in [0.15, 0.2) is 0 Å². The van der Waals surface area contributed by atoms with E-state index in [0.29, 0.717) is 19.6 Å². The highest BCUT2D eigenvalue weighted by molar-refractivity contribution is 5.78. The average molecular weight is 397 g/mol. The standard InChI is InChI=1S/C21H30F3N3O/c1-17-7-11-26(12-8-17)16-20(28)27-10-2-9-25(13-14-27)15-18-3-5-19(6-4-18)21(22,23)24/h3-6,17H,2,7-16H2,1H3. The molecule has 2 saturated heterocycles. The van der Waals surface area contributed by atoms with Crippen molar-refractivity contribution >= 4 is 5.91 Å². The van der Waals surface area contributed by atoms with Crippen LogP contribution in [-0.4, -0.2) is 66.4 Å². The monoisotopic (exact) mass is 397 g/mol. The van der Waals surface area contributed by atoms with Gasteiger partial charge in [0.1, 0.15) is 0 Å². The lowest BCUT2D eigenvalue weighted by Crippen LogP contribution is -2.44. The molecule has 28 heavy (non-hydrogen) atoms.